The van der Waals surface area contributed by atoms with Crippen molar-refractivity contribution >= 4 is 29.7 Å². The largest absolute Gasteiger partial charge is 0.508 e. The summed E-state index contributed by atoms with van der Waals surface area (Å²) in [6, 6.07) is 12.3. The van der Waals surface area contributed by atoms with Gasteiger partial charge in [-0.3, -0.25) is 9.59 Å². The molecule has 10 nitrogen and oxygen atoms in total. The number of aliphatic carboxylic acids is 1. The molecule has 2 aromatic rings. The molecule has 5 atom stereocenters. The fourth-order valence-electron chi connectivity index (χ4n) is 3.19. The Kier molecular flexibility index (Phi) is 8.50. The Bertz CT molecular complexity index is 1100. The maximum absolute atomic E-state index is 12.1. The first-order valence-electron chi connectivity index (χ1n) is 10.5. The summed E-state index contributed by atoms with van der Waals surface area (Å²) in [5.41, 5.74) is 1.30. The van der Waals surface area contributed by atoms with Gasteiger partial charge >= 0.3 is 5.97 Å². The van der Waals surface area contributed by atoms with E-state index in [0.717, 1.165) is 0 Å². The maximum Gasteiger partial charge on any atom is 0.335 e. The number of aliphatic hydroxyl groups excluding tert-OH is 3. The van der Waals surface area contributed by atoms with Gasteiger partial charge in [0.05, 0.1) is 6.42 Å². The van der Waals surface area contributed by atoms with Crippen LogP contribution in [0.4, 0.5) is 0 Å². The average molecular weight is 484 g/mol. The number of carboxylic acids is 1. The van der Waals surface area contributed by atoms with E-state index < -0.39 is 42.5 Å². The van der Waals surface area contributed by atoms with Crippen LogP contribution in [0, 0.1) is 0 Å². The van der Waals surface area contributed by atoms with Gasteiger partial charge in [-0.1, -0.05) is 36.4 Å². The number of hydrogen-bond donors (Lipinski definition) is 5. The third kappa shape index (κ3) is 7.08. The molecule has 1 saturated heterocycles. The van der Waals surface area contributed by atoms with E-state index in [9.17, 15) is 34.8 Å². The molecule has 0 aliphatic carbocycles. The number of phenolic OH excluding ortho intramolecular Hbond substituents is 1. The highest BCUT2D eigenvalue weighted by Crippen LogP contribution is 2.25. The lowest BCUT2D eigenvalue weighted by atomic mass is 9.99. The number of phenols is 1. The van der Waals surface area contributed by atoms with Crippen molar-refractivity contribution in [3.8, 4) is 11.5 Å². The van der Waals surface area contributed by atoms with Gasteiger partial charge in [-0.2, -0.15) is 0 Å². The number of hydrogen-bond acceptors (Lipinski definition) is 9. The van der Waals surface area contributed by atoms with Gasteiger partial charge in [0.2, 0.25) is 6.29 Å². The number of rotatable bonds is 9. The number of allylic oxidation sites excluding steroid dienone is 2. The topological polar surface area (TPSA) is 171 Å². The Morgan fingerprint density at radius 1 is 0.800 bits per heavy atom. The van der Waals surface area contributed by atoms with E-state index >= 15 is 0 Å². The van der Waals surface area contributed by atoms with Gasteiger partial charge in [-0.15, -0.1) is 0 Å². The molecular weight excluding hydrogens is 460 g/mol. The van der Waals surface area contributed by atoms with E-state index in [4.69, 9.17) is 14.6 Å². The van der Waals surface area contributed by atoms with E-state index in [2.05, 4.69) is 0 Å². The van der Waals surface area contributed by atoms with Gasteiger partial charge in [-0.25, -0.2) is 4.79 Å². The summed E-state index contributed by atoms with van der Waals surface area (Å²) in [6.45, 7) is 0. The van der Waals surface area contributed by atoms with Gasteiger partial charge in [0, 0.05) is 0 Å². The van der Waals surface area contributed by atoms with Crippen LogP contribution >= 0.6 is 0 Å². The van der Waals surface area contributed by atoms with Crippen molar-refractivity contribution in [1.82, 2.24) is 0 Å². The molecule has 35 heavy (non-hydrogen) atoms. The van der Waals surface area contributed by atoms with E-state index in [-0.39, 0.29) is 23.7 Å². The van der Waals surface area contributed by atoms with Gasteiger partial charge < -0.3 is 35.0 Å². The molecule has 1 heterocycles. The number of carbonyl (C=O) groups is 3. The third-order valence-corrected chi connectivity index (χ3v) is 5.11. The normalized spacial score (nSPS) is 24.5. The Morgan fingerprint density at radius 2 is 1.31 bits per heavy atom. The molecule has 0 unspecified atom stereocenters. The molecule has 10 heteroatoms. The highest BCUT2D eigenvalue weighted by atomic mass is 16.7. The fourth-order valence-corrected chi connectivity index (χ4v) is 3.19. The van der Waals surface area contributed by atoms with Gasteiger partial charge in [0.1, 0.15) is 29.8 Å². The zero-order valence-electron chi connectivity index (χ0n) is 18.3. The number of aromatic hydroxyl groups is 1. The highest BCUT2D eigenvalue weighted by molar-refractivity contribution is 6.10. The second-order valence-corrected chi connectivity index (χ2v) is 7.79. The molecule has 2 aromatic carbocycles. The lowest BCUT2D eigenvalue weighted by Gasteiger charge is -2.38. The summed E-state index contributed by atoms with van der Waals surface area (Å²) in [5.74, 6) is -2.01. The van der Waals surface area contributed by atoms with E-state index in [1.807, 2.05) is 0 Å². The van der Waals surface area contributed by atoms with E-state index in [0.29, 0.717) is 11.1 Å². The summed E-state index contributed by atoms with van der Waals surface area (Å²) < 4.78 is 10.5. The molecule has 0 saturated carbocycles. The SMILES string of the molecule is O=C(/C=C/c1ccc(O)cc1)CC(=O)/C=C/c1ccc(O[C@@H]2O[C@H](C(=O)O)[C@@H](O)[C@H](O)[C@H]2O)cc1. The van der Waals surface area contributed by atoms with Crippen molar-refractivity contribution in [3.05, 3.63) is 71.8 Å². The average Bonchev–Trinajstić information content (AvgIpc) is 2.83. The molecule has 5 N–H and O–H groups in total. The fraction of sp³-hybridized carbons (Fsp3) is 0.240. The first kappa shape index (κ1) is 25.8. The van der Waals surface area contributed by atoms with Crippen molar-refractivity contribution in [2.24, 2.45) is 0 Å². The summed E-state index contributed by atoms with van der Waals surface area (Å²) in [4.78, 5) is 35.2. The van der Waals surface area contributed by atoms with Crippen LogP contribution in [-0.4, -0.2) is 73.8 Å². The summed E-state index contributed by atoms with van der Waals surface area (Å²) >= 11 is 0. The number of carboxylic acid groups (broad SMARTS) is 1. The highest BCUT2D eigenvalue weighted by Gasteiger charge is 2.48. The minimum Gasteiger partial charge on any atom is -0.508 e. The molecule has 0 bridgehead atoms. The Balaban J connectivity index is 1.53. The van der Waals surface area contributed by atoms with Gasteiger partial charge in [0.15, 0.2) is 17.7 Å². The van der Waals surface area contributed by atoms with Crippen molar-refractivity contribution in [2.45, 2.75) is 37.1 Å². The number of aliphatic hydroxyl groups is 3. The standard InChI is InChI=1S/C25H24O10/c26-16-7-1-14(2-8-16)3-9-17(27)13-18(28)10-4-15-5-11-19(12-6-15)34-25-22(31)20(29)21(30)23(35-25)24(32)33/h1-12,20-23,25-26,29-31H,13H2,(H,32,33)/b9-3+,10-4+/t20-,21-,22+,23-,25+/m0/s1. The minimum absolute atomic E-state index is 0.110. The van der Waals surface area contributed by atoms with Crippen LogP contribution in [0.1, 0.15) is 17.5 Å². The van der Waals surface area contributed by atoms with Crippen molar-refractivity contribution in [1.29, 1.82) is 0 Å². The predicted molar refractivity (Wildman–Crippen MR) is 122 cm³/mol. The molecule has 0 radical (unpaired) electrons. The minimum atomic E-state index is -1.82. The molecule has 0 aromatic heterocycles. The third-order valence-electron chi connectivity index (χ3n) is 5.11. The lowest BCUT2D eigenvalue weighted by Crippen LogP contribution is -2.61. The number of carbonyl (C=O) groups excluding carboxylic acids is 2. The lowest BCUT2D eigenvalue weighted by molar-refractivity contribution is -0.271. The molecule has 1 aliphatic rings. The van der Waals surface area contributed by atoms with Crippen LogP contribution in [0.25, 0.3) is 12.2 Å². The van der Waals surface area contributed by atoms with Gasteiger partial charge in [-0.05, 0) is 47.5 Å². The first-order valence-corrected chi connectivity index (χ1v) is 10.5. The van der Waals surface area contributed by atoms with Crippen molar-refractivity contribution < 1.29 is 49.4 Å². The first-order chi connectivity index (χ1) is 16.6. The van der Waals surface area contributed by atoms with Crippen molar-refractivity contribution in [3.63, 3.8) is 0 Å². The zero-order chi connectivity index (χ0) is 25.5. The van der Waals surface area contributed by atoms with Crippen LogP contribution in [0.5, 0.6) is 11.5 Å². The van der Waals surface area contributed by atoms with Crippen LogP contribution in [-0.2, 0) is 19.1 Å². The second kappa shape index (κ2) is 11.5. The number of ether oxygens (including phenoxy) is 2. The number of benzene rings is 2. The van der Waals surface area contributed by atoms with Crippen molar-refractivity contribution in [2.75, 3.05) is 0 Å². The van der Waals surface area contributed by atoms with Crippen LogP contribution in [0.3, 0.4) is 0 Å². The van der Waals surface area contributed by atoms with Crippen LogP contribution in [0.2, 0.25) is 0 Å². The maximum atomic E-state index is 12.1. The Hall–Kier alpha value is -3.83. The van der Waals surface area contributed by atoms with Crippen LogP contribution in [0.15, 0.2) is 60.7 Å². The summed E-state index contributed by atoms with van der Waals surface area (Å²) in [7, 11) is 0. The Morgan fingerprint density at radius 3 is 1.83 bits per heavy atom. The molecule has 1 aliphatic heterocycles. The molecular formula is C25H24O10. The monoisotopic (exact) mass is 484 g/mol. The van der Waals surface area contributed by atoms with Gasteiger partial charge in [0.25, 0.3) is 0 Å². The van der Waals surface area contributed by atoms with E-state index in [1.165, 1.54) is 42.5 Å². The molecule has 1 fully saturated rings. The summed E-state index contributed by atoms with van der Waals surface area (Å²) in [5, 5.41) is 47.9. The molecule has 0 spiro atoms. The smallest absolute Gasteiger partial charge is 0.335 e. The van der Waals surface area contributed by atoms with E-state index in [1.54, 1.807) is 30.3 Å². The zero-order valence-corrected chi connectivity index (χ0v) is 18.3. The molecule has 184 valence electrons. The quantitative estimate of drug-likeness (QED) is 0.255. The molecule has 0 amide bonds. The van der Waals surface area contributed by atoms with Crippen LogP contribution < -0.4 is 4.74 Å². The predicted octanol–water partition coefficient (Wildman–Crippen LogP) is 0.918. The second-order valence-electron chi connectivity index (χ2n) is 7.79. The molecule has 3 rings (SSSR count). The summed E-state index contributed by atoms with van der Waals surface area (Å²) in [6.07, 6.45) is -3.31. The Labute approximate surface area is 200 Å². The number of ketones is 2.